The van der Waals surface area contributed by atoms with Gasteiger partial charge in [-0.3, -0.25) is 4.79 Å². The van der Waals surface area contributed by atoms with Gasteiger partial charge in [0.1, 0.15) is 45.0 Å². The smallest absolute Gasteiger partial charge is 0.313 e. The highest BCUT2D eigenvalue weighted by atomic mass is 32.1. The number of hydrogen-bond acceptors (Lipinski definition) is 4. The van der Waals surface area contributed by atoms with Gasteiger partial charge in [0.05, 0.1) is 6.61 Å². The maximum Gasteiger partial charge on any atom is 0.313 e. The van der Waals surface area contributed by atoms with E-state index in [-0.39, 0.29) is 12.4 Å². The van der Waals surface area contributed by atoms with Crippen molar-refractivity contribution in [2.75, 3.05) is 32.8 Å². The minimum absolute atomic E-state index is 0.157. The summed E-state index contributed by atoms with van der Waals surface area (Å²) in [5.74, 6) is 0.394. The second-order valence-corrected chi connectivity index (χ2v) is 7.87. The zero-order valence-corrected chi connectivity index (χ0v) is 17.8. The Morgan fingerprint density at radius 1 is 1.21 bits per heavy atom. The van der Waals surface area contributed by atoms with Crippen molar-refractivity contribution >= 4 is 18.2 Å². The first-order chi connectivity index (χ1) is 13.5. The van der Waals surface area contributed by atoms with Gasteiger partial charge in [-0.25, -0.2) is 0 Å². The average Bonchev–Trinajstić information content (AvgIpc) is 2.93. The van der Waals surface area contributed by atoms with Gasteiger partial charge in [-0.2, -0.15) is 9.78 Å². The van der Waals surface area contributed by atoms with Crippen molar-refractivity contribution in [3.05, 3.63) is 46.0 Å². The Morgan fingerprint density at radius 2 is 1.89 bits per heavy atom. The summed E-state index contributed by atoms with van der Waals surface area (Å²) in [4.78, 5) is 14.9. The SMILES string of the molecule is CCOC(=O)Cc1nn(C[NH+]2CC[NH+](Cc3ccccc3C)CC2)c(=S)n1C. The lowest BCUT2D eigenvalue weighted by Crippen LogP contribution is -3.27. The minimum Gasteiger partial charge on any atom is -0.466 e. The Labute approximate surface area is 171 Å². The minimum atomic E-state index is -0.265. The summed E-state index contributed by atoms with van der Waals surface area (Å²) < 4.78 is 9.34. The molecule has 28 heavy (non-hydrogen) atoms. The predicted octanol–water partition coefficient (Wildman–Crippen LogP) is -0.694. The maximum atomic E-state index is 11.8. The summed E-state index contributed by atoms with van der Waals surface area (Å²) in [6.45, 7) is 10.7. The number of hydrogen-bond donors (Lipinski definition) is 2. The van der Waals surface area contributed by atoms with Crippen molar-refractivity contribution in [1.82, 2.24) is 14.3 Å². The molecule has 7 nitrogen and oxygen atoms in total. The number of ether oxygens (including phenoxy) is 1. The first-order valence-electron chi connectivity index (χ1n) is 9.98. The fraction of sp³-hybridized carbons (Fsp3) is 0.550. The lowest BCUT2D eigenvalue weighted by molar-refractivity contribution is -1.03. The highest BCUT2D eigenvalue weighted by Crippen LogP contribution is 2.04. The summed E-state index contributed by atoms with van der Waals surface area (Å²) in [6.07, 6.45) is 0.157. The molecule has 2 heterocycles. The van der Waals surface area contributed by atoms with E-state index in [4.69, 9.17) is 17.0 Å². The van der Waals surface area contributed by atoms with Gasteiger partial charge >= 0.3 is 5.97 Å². The van der Waals surface area contributed by atoms with Gasteiger partial charge in [-0.1, -0.05) is 24.3 Å². The van der Waals surface area contributed by atoms with Crippen molar-refractivity contribution in [2.24, 2.45) is 7.05 Å². The van der Waals surface area contributed by atoms with Crippen LogP contribution in [0, 0.1) is 11.7 Å². The molecule has 0 radical (unpaired) electrons. The van der Waals surface area contributed by atoms with Crippen LogP contribution in [-0.2, 0) is 36.2 Å². The highest BCUT2D eigenvalue weighted by Gasteiger charge is 2.24. The number of nitrogens with one attached hydrogen (secondary N) is 2. The molecule has 0 aliphatic carbocycles. The Bertz CT molecular complexity index is 868. The molecule has 152 valence electrons. The third-order valence-electron chi connectivity index (χ3n) is 5.48. The van der Waals surface area contributed by atoms with Crippen molar-refractivity contribution in [3.63, 3.8) is 0 Å². The second-order valence-electron chi connectivity index (χ2n) is 7.50. The highest BCUT2D eigenvalue weighted by molar-refractivity contribution is 7.71. The molecule has 0 atom stereocenters. The quantitative estimate of drug-likeness (QED) is 0.473. The molecule has 2 aromatic rings. The molecule has 1 aromatic heterocycles. The molecule has 0 unspecified atom stereocenters. The normalized spacial score (nSPS) is 19.5. The third-order valence-corrected chi connectivity index (χ3v) is 5.96. The number of quaternary nitrogens is 2. The van der Waals surface area contributed by atoms with Crippen LogP contribution in [0.3, 0.4) is 0 Å². The summed E-state index contributed by atoms with van der Waals surface area (Å²) >= 11 is 5.52. The Morgan fingerprint density at radius 3 is 2.57 bits per heavy atom. The molecule has 2 N–H and O–H groups in total. The Hall–Kier alpha value is -2.03. The number of aromatic nitrogens is 3. The van der Waals surface area contributed by atoms with E-state index >= 15 is 0 Å². The molecule has 1 fully saturated rings. The van der Waals surface area contributed by atoms with Gasteiger partial charge in [0.15, 0.2) is 6.67 Å². The number of nitrogens with zero attached hydrogens (tertiary/aromatic N) is 3. The monoisotopic (exact) mass is 405 g/mol. The first kappa shape index (κ1) is 20.7. The van der Waals surface area contributed by atoms with Crippen molar-refractivity contribution in [2.45, 2.75) is 33.5 Å². The molecule has 1 saturated heterocycles. The third kappa shape index (κ3) is 5.06. The number of carbonyl (C=O) groups is 1. The molecule has 1 aliphatic rings. The summed E-state index contributed by atoms with van der Waals surface area (Å²) in [5.41, 5.74) is 2.81. The van der Waals surface area contributed by atoms with Crippen LogP contribution in [0.2, 0.25) is 0 Å². The van der Waals surface area contributed by atoms with E-state index in [0.29, 0.717) is 17.2 Å². The molecule has 0 amide bonds. The van der Waals surface area contributed by atoms with Crippen molar-refractivity contribution in [1.29, 1.82) is 0 Å². The standard InChI is InChI=1S/C20H29N5O2S/c1-4-27-19(26)13-18-21-25(20(28)22(18)3)15-24-11-9-23(10-12-24)14-17-8-6-5-7-16(17)2/h5-8H,4,9-15H2,1-3H3/p+2. The number of benzene rings is 1. The fourth-order valence-corrected chi connectivity index (χ4v) is 3.92. The van der Waals surface area contributed by atoms with Crippen molar-refractivity contribution in [3.8, 4) is 0 Å². The zero-order chi connectivity index (χ0) is 20.1. The molecule has 1 aromatic carbocycles. The maximum absolute atomic E-state index is 11.8. The van der Waals surface area contributed by atoms with Crippen LogP contribution < -0.4 is 9.80 Å². The lowest BCUT2D eigenvalue weighted by Gasteiger charge is -2.29. The van der Waals surface area contributed by atoms with Gasteiger partial charge < -0.3 is 19.1 Å². The molecule has 3 rings (SSSR count). The van der Waals surface area contributed by atoms with Crippen LogP contribution in [-0.4, -0.2) is 53.1 Å². The van der Waals surface area contributed by atoms with Gasteiger partial charge in [0, 0.05) is 12.6 Å². The van der Waals surface area contributed by atoms with E-state index in [1.54, 1.807) is 11.8 Å². The van der Waals surface area contributed by atoms with E-state index in [1.807, 2.05) is 16.3 Å². The van der Waals surface area contributed by atoms with Gasteiger partial charge in [0.25, 0.3) is 0 Å². The lowest BCUT2D eigenvalue weighted by atomic mass is 10.1. The van der Waals surface area contributed by atoms with Crippen LogP contribution in [0.15, 0.2) is 24.3 Å². The van der Waals surface area contributed by atoms with Gasteiger partial charge in [-0.15, -0.1) is 0 Å². The van der Waals surface area contributed by atoms with Crippen molar-refractivity contribution < 1.29 is 19.3 Å². The molecular formula is C20H31N5O2S+2. The van der Waals surface area contributed by atoms with E-state index in [1.165, 1.54) is 16.0 Å². The molecule has 1 aliphatic heterocycles. The second kappa shape index (κ2) is 9.45. The average molecular weight is 406 g/mol. The molecule has 0 bridgehead atoms. The van der Waals surface area contributed by atoms with E-state index in [2.05, 4.69) is 36.3 Å². The molecule has 0 spiro atoms. The largest absolute Gasteiger partial charge is 0.466 e. The summed E-state index contributed by atoms with van der Waals surface area (Å²) in [5, 5.41) is 4.57. The fourth-order valence-electron chi connectivity index (χ4n) is 3.71. The molecule has 0 saturated carbocycles. The predicted molar refractivity (Wildman–Crippen MR) is 109 cm³/mol. The number of piperazine rings is 1. The van der Waals surface area contributed by atoms with Crippen LogP contribution in [0.25, 0.3) is 0 Å². The number of esters is 1. The first-order valence-corrected chi connectivity index (χ1v) is 10.4. The Balaban J connectivity index is 1.55. The van der Waals surface area contributed by atoms with Crippen LogP contribution in [0.4, 0.5) is 0 Å². The van der Waals surface area contributed by atoms with Crippen LogP contribution >= 0.6 is 12.2 Å². The zero-order valence-electron chi connectivity index (χ0n) is 17.0. The molecule has 8 heteroatoms. The van der Waals surface area contributed by atoms with Crippen LogP contribution in [0.1, 0.15) is 23.9 Å². The van der Waals surface area contributed by atoms with E-state index < -0.39 is 0 Å². The summed E-state index contributed by atoms with van der Waals surface area (Å²) in [6, 6.07) is 8.65. The Kier molecular flexibility index (Phi) is 6.98. The van der Waals surface area contributed by atoms with E-state index in [9.17, 15) is 4.79 Å². The van der Waals surface area contributed by atoms with E-state index in [0.717, 1.165) is 39.4 Å². The summed E-state index contributed by atoms with van der Waals surface area (Å²) in [7, 11) is 1.86. The van der Waals surface area contributed by atoms with Gasteiger partial charge in [-0.05, 0) is 31.6 Å². The van der Waals surface area contributed by atoms with Gasteiger partial charge in [0.2, 0.25) is 4.77 Å². The topological polar surface area (TPSA) is 57.9 Å². The molecular weight excluding hydrogens is 374 g/mol. The number of rotatable bonds is 7. The van der Waals surface area contributed by atoms with Crippen LogP contribution in [0.5, 0.6) is 0 Å². The number of carbonyl (C=O) groups excluding carboxylic acids is 1. The number of aryl methyl sites for hydroxylation is 1.